The van der Waals surface area contributed by atoms with Crippen LogP contribution in [-0.2, 0) is 11.2 Å². The first-order chi connectivity index (χ1) is 11.1. The van der Waals surface area contributed by atoms with Crippen molar-refractivity contribution >= 4 is 5.91 Å². The van der Waals surface area contributed by atoms with Crippen LogP contribution in [0.5, 0.6) is 5.75 Å². The number of nitrogens with zero attached hydrogens (tertiary/aromatic N) is 1. The lowest BCUT2D eigenvalue weighted by Crippen LogP contribution is -2.42. The predicted molar refractivity (Wildman–Crippen MR) is 90.3 cm³/mol. The Hall–Kier alpha value is -1.59. The molecule has 2 unspecified atom stereocenters. The minimum absolute atomic E-state index is 0.240. The average Bonchev–Trinajstić information content (AvgIpc) is 2.53. The largest absolute Gasteiger partial charge is 0.491 e. The van der Waals surface area contributed by atoms with E-state index >= 15 is 0 Å². The second-order valence-electron chi connectivity index (χ2n) is 6.40. The normalized spacial score (nSPS) is 20.2. The summed E-state index contributed by atoms with van der Waals surface area (Å²) in [5, 5.41) is 10.2. The highest BCUT2D eigenvalue weighted by Crippen LogP contribution is 2.19. The number of carbonyl (C=O) groups is 1. The highest BCUT2D eigenvalue weighted by molar-refractivity contribution is 5.74. The lowest BCUT2D eigenvalue weighted by molar-refractivity contribution is -0.119. The quantitative estimate of drug-likeness (QED) is 0.762. The maximum absolute atomic E-state index is 11.0. The van der Waals surface area contributed by atoms with Gasteiger partial charge in [0, 0.05) is 19.5 Å². The number of benzene rings is 1. The van der Waals surface area contributed by atoms with Crippen molar-refractivity contribution in [3.05, 3.63) is 29.8 Å². The van der Waals surface area contributed by atoms with E-state index in [4.69, 9.17) is 10.5 Å². The number of β-amino-alcohol motifs (C(OH)–C–C–N with tert-alkyl or cyclic N) is 1. The van der Waals surface area contributed by atoms with Crippen LogP contribution in [0.4, 0.5) is 0 Å². The summed E-state index contributed by atoms with van der Waals surface area (Å²) < 4.78 is 5.65. The Morgan fingerprint density at radius 3 is 2.83 bits per heavy atom. The van der Waals surface area contributed by atoms with Gasteiger partial charge >= 0.3 is 0 Å². The van der Waals surface area contributed by atoms with Crippen molar-refractivity contribution in [2.45, 2.75) is 38.7 Å². The molecule has 0 radical (unpaired) electrons. The fourth-order valence-electron chi connectivity index (χ4n) is 3.13. The van der Waals surface area contributed by atoms with Crippen molar-refractivity contribution < 1.29 is 14.6 Å². The second-order valence-corrected chi connectivity index (χ2v) is 6.40. The Morgan fingerprint density at radius 2 is 2.17 bits per heavy atom. The highest BCUT2D eigenvalue weighted by Gasteiger charge is 2.23. The molecule has 1 fully saturated rings. The highest BCUT2D eigenvalue weighted by atomic mass is 16.5. The molecule has 0 aliphatic carbocycles. The van der Waals surface area contributed by atoms with Crippen LogP contribution in [0.25, 0.3) is 0 Å². The molecule has 0 bridgehead atoms. The van der Waals surface area contributed by atoms with Gasteiger partial charge in [-0.15, -0.1) is 0 Å². The third-order valence-electron chi connectivity index (χ3n) is 4.34. The van der Waals surface area contributed by atoms with Gasteiger partial charge in [-0.05, 0) is 49.4 Å². The summed E-state index contributed by atoms with van der Waals surface area (Å²) in [5.41, 5.74) is 6.55. The van der Waals surface area contributed by atoms with Crippen molar-refractivity contribution in [2.24, 2.45) is 11.7 Å². The van der Waals surface area contributed by atoms with Crippen LogP contribution in [0, 0.1) is 5.92 Å². The maximum atomic E-state index is 11.0. The molecule has 1 amide bonds. The Morgan fingerprint density at radius 1 is 1.43 bits per heavy atom. The van der Waals surface area contributed by atoms with Gasteiger partial charge in [-0.2, -0.15) is 0 Å². The molecule has 1 heterocycles. The molecule has 1 saturated heterocycles. The lowest BCUT2D eigenvalue weighted by Gasteiger charge is -2.33. The van der Waals surface area contributed by atoms with E-state index in [0.717, 1.165) is 38.1 Å². The Balaban J connectivity index is 1.73. The molecule has 3 N–H and O–H groups in total. The van der Waals surface area contributed by atoms with E-state index in [9.17, 15) is 9.90 Å². The van der Waals surface area contributed by atoms with Gasteiger partial charge in [0.25, 0.3) is 0 Å². The Labute approximate surface area is 138 Å². The van der Waals surface area contributed by atoms with E-state index in [1.165, 1.54) is 5.56 Å². The first kappa shape index (κ1) is 17.8. The molecule has 1 aliphatic heterocycles. The summed E-state index contributed by atoms with van der Waals surface area (Å²) in [6.07, 6.45) is 2.99. The number of ether oxygens (including phenoxy) is 1. The van der Waals surface area contributed by atoms with Gasteiger partial charge in [0.15, 0.2) is 0 Å². The van der Waals surface area contributed by atoms with Crippen LogP contribution in [0.3, 0.4) is 0 Å². The van der Waals surface area contributed by atoms with Gasteiger partial charge in [-0.25, -0.2) is 0 Å². The Kier molecular flexibility index (Phi) is 6.86. The van der Waals surface area contributed by atoms with Crippen molar-refractivity contribution in [3.63, 3.8) is 0 Å². The number of hydrogen-bond acceptors (Lipinski definition) is 4. The van der Waals surface area contributed by atoms with Crippen molar-refractivity contribution in [1.29, 1.82) is 0 Å². The molecule has 5 nitrogen and oxygen atoms in total. The SMILES string of the molecule is CCc1ccc(OCC(O)CN2CCCC(CC(N)=O)C2)cc1. The average molecular weight is 320 g/mol. The van der Waals surface area contributed by atoms with E-state index in [-0.39, 0.29) is 12.5 Å². The third-order valence-corrected chi connectivity index (χ3v) is 4.34. The number of rotatable bonds is 8. The first-order valence-corrected chi connectivity index (χ1v) is 8.47. The van der Waals surface area contributed by atoms with E-state index in [1.54, 1.807) is 0 Å². The number of carbonyl (C=O) groups excluding carboxylic acids is 1. The summed E-state index contributed by atoms with van der Waals surface area (Å²) in [7, 11) is 0. The van der Waals surface area contributed by atoms with Gasteiger partial charge < -0.3 is 20.5 Å². The molecule has 1 aromatic rings. The molecule has 0 saturated carbocycles. The fraction of sp³-hybridized carbons (Fsp3) is 0.611. The summed E-state index contributed by atoms with van der Waals surface area (Å²) >= 11 is 0. The summed E-state index contributed by atoms with van der Waals surface area (Å²) in [5.74, 6) is 0.860. The zero-order valence-electron chi connectivity index (χ0n) is 13.9. The molecule has 0 spiro atoms. The molecule has 1 aliphatic rings. The molecule has 0 aromatic heterocycles. The number of hydrogen-bond donors (Lipinski definition) is 2. The lowest BCUT2D eigenvalue weighted by atomic mass is 9.94. The molecule has 128 valence electrons. The van der Waals surface area contributed by atoms with E-state index in [1.807, 2.05) is 24.3 Å². The van der Waals surface area contributed by atoms with Crippen LogP contribution in [0.1, 0.15) is 31.7 Å². The minimum Gasteiger partial charge on any atom is -0.491 e. The number of aryl methyl sites for hydroxylation is 1. The minimum atomic E-state index is -0.534. The first-order valence-electron chi connectivity index (χ1n) is 8.47. The smallest absolute Gasteiger partial charge is 0.217 e. The van der Waals surface area contributed by atoms with Gasteiger partial charge in [-0.3, -0.25) is 4.79 Å². The number of amides is 1. The Bertz CT molecular complexity index is 490. The van der Waals surface area contributed by atoms with Crippen molar-refractivity contribution in [3.8, 4) is 5.75 Å². The molecule has 2 rings (SSSR count). The van der Waals surface area contributed by atoms with E-state index in [0.29, 0.717) is 18.9 Å². The standard InChI is InChI=1S/C18H28N2O3/c1-2-14-5-7-17(8-6-14)23-13-16(21)12-20-9-3-4-15(11-20)10-18(19)22/h5-8,15-16,21H,2-4,9-13H2,1H3,(H2,19,22). The van der Waals surface area contributed by atoms with E-state index in [2.05, 4.69) is 11.8 Å². The van der Waals surface area contributed by atoms with Gasteiger partial charge in [0.1, 0.15) is 18.5 Å². The number of piperidine rings is 1. The van der Waals surface area contributed by atoms with Crippen LogP contribution in [-0.4, -0.2) is 48.3 Å². The number of aliphatic hydroxyl groups excluding tert-OH is 1. The fourth-order valence-corrected chi connectivity index (χ4v) is 3.13. The van der Waals surface area contributed by atoms with Crippen LogP contribution in [0.2, 0.25) is 0 Å². The van der Waals surface area contributed by atoms with Gasteiger partial charge in [-0.1, -0.05) is 19.1 Å². The van der Waals surface area contributed by atoms with Crippen LogP contribution >= 0.6 is 0 Å². The van der Waals surface area contributed by atoms with Crippen LogP contribution < -0.4 is 10.5 Å². The summed E-state index contributed by atoms with van der Waals surface area (Å²) in [6.45, 7) is 4.75. The number of nitrogens with two attached hydrogens (primary N) is 1. The van der Waals surface area contributed by atoms with Gasteiger partial charge in [0.2, 0.25) is 5.91 Å². The molecule has 1 aromatic carbocycles. The molecular weight excluding hydrogens is 292 g/mol. The molecular formula is C18H28N2O3. The number of primary amides is 1. The van der Waals surface area contributed by atoms with Gasteiger partial charge in [0.05, 0.1) is 0 Å². The second kappa shape index (κ2) is 8.89. The zero-order chi connectivity index (χ0) is 16.7. The summed E-state index contributed by atoms with van der Waals surface area (Å²) in [6, 6.07) is 7.96. The zero-order valence-corrected chi connectivity index (χ0v) is 13.9. The topological polar surface area (TPSA) is 75.8 Å². The van der Waals surface area contributed by atoms with Crippen LogP contribution in [0.15, 0.2) is 24.3 Å². The molecule has 23 heavy (non-hydrogen) atoms. The molecule has 5 heteroatoms. The monoisotopic (exact) mass is 320 g/mol. The van der Waals surface area contributed by atoms with Crippen molar-refractivity contribution in [2.75, 3.05) is 26.2 Å². The van der Waals surface area contributed by atoms with Crippen molar-refractivity contribution in [1.82, 2.24) is 4.90 Å². The number of aliphatic hydroxyl groups is 1. The summed E-state index contributed by atoms with van der Waals surface area (Å²) in [4.78, 5) is 13.2. The molecule has 2 atom stereocenters. The van der Waals surface area contributed by atoms with E-state index < -0.39 is 6.10 Å². The third kappa shape index (κ3) is 6.20. The maximum Gasteiger partial charge on any atom is 0.217 e. The predicted octanol–water partition coefficient (Wildman–Crippen LogP) is 1.58. The number of likely N-dealkylation sites (tertiary alicyclic amines) is 1.